The van der Waals surface area contributed by atoms with E-state index < -0.39 is 9.84 Å². The first-order valence-electron chi connectivity index (χ1n) is 6.70. The van der Waals surface area contributed by atoms with Crippen molar-refractivity contribution in [1.82, 2.24) is 4.90 Å². The van der Waals surface area contributed by atoms with Crippen molar-refractivity contribution in [2.75, 3.05) is 24.6 Å². The third-order valence-corrected chi connectivity index (χ3v) is 6.27. The Bertz CT molecular complexity index is 363. The monoisotopic (exact) mass is 260 g/mol. The topological polar surface area (TPSA) is 63.4 Å². The van der Waals surface area contributed by atoms with Crippen molar-refractivity contribution in [2.24, 2.45) is 5.73 Å². The van der Waals surface area contributed by atoms with Crippen LogP contribution in [0.15, 0.2) is 0 Å². The van der Waals surface area contributed by atoms with Gasteiger partial charge in [-0.3, -0.25) is 4.90 Å². The molecule has 0 aromatic carbocycles. The highest BCUT2D eigenvalue weighted by atomic mass is 32.2. The highest BCUT2D eigenvalue weighted by molar-refractivity contribution is 7.91. The highest BCUT2D eigenvalue weighted by Crippen LogP contribution is 2.35. The summed E-state index contributed by atoms with van der Waals surface area (Å²) in [4.78, 5) is 2.39. The van der Waals surface area contributed by atoms with Crippen molar-refractivity contribution in [3.8, 4) is 0 Å². The van der Waals surface area contributed by atoms with Crippen LogP contribution in [-0.4, -0.2) is 49.5 Å². The molecule has 2 N–H and O–H groups in total. The summed E-state index contributed by atoms with van der Waals surface area (Å²) in [5, 5.41) is 0. The third kappa shape index (κ3) is 2.51. The van der Waals surface area contributed by atoms with Crippen molar-refractivity contribution in [3.05, 3.63) is 0 Å². The van der Waals surface area contributed by atoms with Crippen LogP contribution in [0, 0.1) is 0 Å². The van der Waals surface area contributed by atoms with Crippen molar-refractivity contribution in [1.29, 1.82) is 0 Å². The Morgan fingerprint density at radius 3 is 2.41 bits per heavy atom. The summed E-state index contributed by atoms with van der Waals surface area (Å²) in [5.74, 6) is 0.578. The number of nitrogens with two attached hydrogens (primary N) is 1. The van der Waals surface area contributed by atoms with Crippen molar-refractivity contribution in [3.63, 3.8) is 0 Å². The predicted octanol–water partition coefficient (Wildman–Crippen LogP) is 0.767. The van der Waals surface area contributed by atoms with Gasteiger partial charge in [-0.1, -0.05) is 19.8 Å². The van der Waals surface area contributed by atoms with E-state index in [1.807, 2.05) is 0 Å². The number of sulfone groups is 1. The molecule has 0 bridgehead atoms. The number of rotatable bonds is 4. The number of hydrogen-bond acceptors (Lipinski definition) is 4. The molecule has 0 aromatic rings. The maximum atomic E-state index is 11.8. The molecular formula is C12H24N2O2S. The van der Waals surface area contributed by atoms with Crippen LogP contribution in [0.1, 0.15) is 39.0 Å². The van der Waals surface area contributed by atoms with Gasteiger partial charge in [-0.2, -0.15) is 0 Å². The summed E-state index contributed by atoms with van der Waals surface area (Å²) in [6.45, 7) is 3.51. The van der Waals surface area contributed by atoms with Crippen LogP contribution in [-0.2, 0) is 9.84 Å². The molecule has 0 radical (unpaired) electrons. The van der Waals surface area contributed by atoms with Crippen LogP contribution >= 0.6 is 0 Å². The second-order valence-electron chi connectivity index (χ2n) is 5.49. The quantitative estimate of drug-likeness (QED) is 0.811. The van der Waals surface area contributed by atoms with E-state index in [4.69, 9.17) is 5.73 Å². The zero-order valence-corrected chi connectivity index (χ0v) is 11.5. The van der Waals surface area contributed by atoms with E-state index in [0.717, 1.165) is 13.0 Å². The fourth-order valence-electron chi connectivity index (χ4n) is 3.60. The van der Waals surface area contributed by atoms with Gasteiger partial charge in [0.15, 0.2) is 9.84 Å². The Labute approximate surface area is 104 Å². The van der Waals surface area contributed by atoms with Crippen molar-refractivity contribution >= 4 is 9.84 Å². The molecule has 1 aliphatic heterocycles. The van der Waals surface area contributed by atoms with E-state index in [-0.39, 0.29) is 11.3 Å². The minimum Gasteiger partial charge on any atom is -0.329 e. The van der Waals surface area contributed by atoms with Gasteiger partial charge in [-0.25, -0.2) is 8.42 Å². The first-order chi connectivity index (χ1) is 8.03. The van der Waals surface area contributed by atoms with Gasteiger partial charge < -0.3 is 5.73 Å². The molecule has 100 valence electrons. The van der Waals surface area contributed by atoms with Crippen LogP contribution < -0.4 is 5.73 Å². The fraction of sp³-hybridized carbons (Fsp3) is 1.00. The van der Waals surface area contributed by atoms with Gasteiger partial charge in [0.2, 0.25) is 0 Å². The van der Waals surface area contributed by atoms with E-state index in [1.54, 1.807) is 0 Å². The lowest BCUT2D eigenvalue weighted by Crippen LogP contribution is -2.58. The van der Waals surface area contributed by atoms with Gasteiger partial charge in [0.1, 0.15) is 0 Å². The molecule has 17 heavy (non-hydrogen) atoms. The summed E-state index contributed by atoms with van der Waals surface area (Å²) in [6, 6.07) is 0.553. The molecule has 0 spiro atoms. The molecule has 1 aliphatic carbocycles. The van der Waals surface area contributed by atoms with Crippen molar-refractivity contribution in [2.45, 2.75) is 50.6 Å². The van der Waals surface area contributed by atoms with Crippen LogP contribution in [0.5, 0.6) is 0 Å². The summed E-state index contributed by atoms with van der Waals surface area (Å²) in [5.41, 5.74) is 5.65. The minimum atomic E-state index is -2.87. The molecule has 5 heteroatoms. The van der Waals surface area contributed by atoms with Gasteiger partial charge in [0.05, 0.1) is 11.5 Å². The highest BCUT2D eigenvalue weighted by Gasteiger charge is 2.47. The Kier molecular flexibility index (Phi) is 3.80. The third-order valence-electron chi connectivity index (χ3n) is 4.46. The Morgan fingerprint density at radius 2 is 2.00 bits per heavy atom. The van der Waals surface area contributed by atoms with E-state index in [0.29, 0.717) is 18.3 Å². The standard InChI is InChI=1S/C12H24N2O2S/c1-2-14(11-5-3-4-6-11)12(9-13)7-8-17(15,16)10-12/h11H,2-10,13H2,1H3. The lowest BCUT2D eigenvalue weighted by atomic mass is 9.94. The molecule has 1 heterocycles. The lowest BCUT2D eigenvalue weighted by molar-refractivity contribution is 0.0741. The van der Waals surface area contributed by atoms with E-state index >= 15 is 0 Å². The average molecular weight is 260 g/mol. The van der Waals surface area contributed by atoms with E-state index in [9.17, 15) is 8.42 Å². The van der Waals surface area contributed by atoms with Gasteiger partial charge in [0, 0.05) is 18.1 Å². The van der Waals surface area contributed by atoms with E-state index in [2.05, 4.69) is 11.8 Å². The molecule has 2 rings (SSSR count). The zero-order chi connectivity index (χ0) is 12.5. The van der Waals surface area contributed by atoms with Gasteiger partial charge in [0.25, 0.3) is 0 Å². The SMILES string of the molecule is CCN(C1CCCC1)C1(CN)CCS(=O)(=O)C1. The first kappa shape index (κ1) is 13.3. The Morgan fingerprint density at radius 1 is 1.35 bits per heavy atom. The number of hydrogen-bond donors (Lipinski definition) is 1. The number of likely N-dealkylation sites (N-methyl/N-ethyl adjacent to an activating group) is 1. The molecule has 2 fully saturated rings. The van der Waals surface area contributed by atoms with Crippen LogP contribution in [0.4, 0.5) is 0 Å². The average Bonchev–Trinajstić information content (AvgIpc) is 2.89. The molecule has 0 amide bonds. The molecular weight excluding hydrogens is 236 g/mol. The largest absolute Gasteiger partial charge is 0.329 e. The fourth-order valence-corrected chi connectivity index (χ4v) is 5.68. The maximum absolute atomic E-state index is 11.8. The van der Waals surface area contributed by atoms with Crippen molar-refractivity contribution < 1.29 is 8.42 Å². The Balaban J connectivity index is 2.21. The van der Waals surface area contributed by atoms with Crippen LogP contribution in [0.2, 0.25) is 0 Å². The molecule has 1 atom stereocenters. The first-order valence-corrected chi connectivity index (χ1v) is 8.52. The summed E-state index contributed by atoms with van der Waals surface area (Å²) in [6.07, 6.45) is 5.67. The smallest absolute Gasteiger partial charge is 0.152 e. The van der Waals surface area contributed by atoms with Crippen LogP contribution in [0.25, 0.3) is 0 Å². The van der Waals surface area contributed by atoms with Gasteiger partial charge in [-0.15, -0.1) is 0 Å². The molecule has 1 unspecified atom stereocenters. The second kappa shape index (κ2) is 4.86. The predicted molar refractivity (Wildman–Crippen MR) is 69.7 cm³/mol. The Hall–Kier alpha value is -0.130. The van der Waals surface area contributed by atoms with Crippen LogP contribution in [0.3, 0.4) is 0 Å². The molecule has 1 saturated carbocycles. The second-order valence-corrected chi connectivity index (χ2v) is 7.68. The summed E-state index contributed by atoms with van der Waals surface area (Å²) < 4.78 is 23.5. The zero-order valence-electron chi connectivity index (χ0n) is 10.7. The minimum absolute atomic E-state index is 0.265. The normalized spacial score (nSPS) is 33.6. The van der Waals surface area contributed by atoms with E-state index in [1.165, 1.54) is 25.7 Å². The maximum Gasteiger partial charge on any atom is 0.152 e. The summed E-state index contributed by atoms with van der Waals surface area (Å²) in [7, 11) is -2.87. The van der Waals surface area contributed by atoms with Gasteiger partial charge >= 0.3 is 0 Å². The molecule has 0 aromatic heterocycles. The summed E-state index contributed by atoms with van der Waals surface area (Å²) >= 11 is 0. The molecule has 4 nitrogen and oxygen atoms in total. The molecule has 1 saturated heterocycles. The lowest BCUT2D eigenvalue weighted by Gasteiger charge is -2.43. The molecule has 2 aliphatic rings. The number of nitrogens with zero attached hydrogens (tertiary/aromatic N) is 1. The van der Waals surface area contributed by atoms with Gasteiger partial charge in [-0.05, 0) is 25.8 Å².